The van der Waals surface area contributed by atoms with Gasteiger partial charge < -0.3 is 9.80 Å². The lowest BCUT2D eigenvalue weighted by Crippen LogP contribution is -2.47. The number of amides is 2. The maximum Gasteiger partial charge on any atom is 0.242 e. The molecule has 0 aliphatic carbocycles. The Kier molecular flexibility index (Phi) is 8.65. The molecule has 1 heterocycles. The Morgan fingerprint density at radius 3 is 2.20 bits per heavy atom. The van der Waals surface area contributed by atoms with E-state index in [0.717, 1.165) is 16.9 Å². The Balaban J connectivity index is 2.23. The molecule has 0 fully saturated rings. The van der Waals surface area contributed by atoms with Crippen molar-refractivity contribution in [3.63, 3.8) is 0 Å². The third kappa shape index (κ3) is 7.28. The first kappa shape index (κ1) is 24.1. The number of nitrogens with zero attached hydrogens (tertiary/aromatic N) is 2. The van der Waals surface area contributed by atoms with Crippen LogP contribution in [-0.2, 0) is 22.7 Å². The average molecular weight is 429 g/mol. The molecule has 0 N–H and O–H groups in total. The van der Waals surface area contributed by atoms with Gasteiger partial charge in [0.1, 0.15) is 0 Å². The molecule has 0 bridgehead atoms. The second kappa shape index (κ2) is 10.8. The Bertz CT molecular complexity index is 823. The molecule has 0 aliphatic rings. The first-order valence-corrected chi connectivity index (χ1v) is 11.6. The van der Waals surface area contributed by atoms with Gasteiger partial charge in [0, 0.05) is 28.3 Å². The van der Waals surface area contributed by atoms with Crippen LogP contribution in [-0.4, -0.2) is 34.7 Å². The van der Waals surface area contributed by atoms with Gasteiger partial charge in [-0.2, -0.15) is 0 Å². The lowest BCUT2D eigenvalue weighted by atomic mass is 9.94. The summed E-state index contributed by atoms with van der Waals surface area (Å²) in [6.45, 7) is 13.9. The zero-order valence-electron chi connectivity index (χ0n) is 19.3. The van der Waals surface area contributed by atoms with E-state index in [2.05, 4.69) is 32.9 Å². The highest BCUT2D eigenvalue weighted by Crippen LogP contribution is 2.21. The number of thiophene rings is 1. The van der Waals surface area contributed by atoms with Gasteiger partial charge in [-0.1, -0.05) is 71.4 Å². The lowest BCUT2D eigenvalue weighted by molar-refractivity contribution is -0.146. The second-order valence-electron chi connectivity index (χ2n) is 9.20. The summed E-state index contributed by atoms with van der Waals surface area (Å²) >= 11 is 1.71. The van der Waals surface area contributed by atoms with Gasteiger partial charge in [0.2, 0.25) is 11.8 Å². The molecule has 0 saturated carbocycles. The van der Waals surface area contributed by atoms with Gasteiger partial charge in [0.25, 0.3) is 0 Å². The predicted molar refractivity (Wildman–Crippen MR) is 125 cm³/mol. The van der Waals surface area contributed by atoms with Crippen molar-refractivity contribution < 1.29 is 9.59 Å². The third-order valence-electron chi connectivity index (χ3n) is 5.20. The smallest absolute Gasteiger partial charge is 0.242 e. The maximum absolute atomic E-state index is 13.4. The van der Waals surface area contributed by atoms with E-state index in [4.69, 9.17) is 0 Å². The van der Waals surface area contributed by atoms with E-state index in [-0.39, 0.29) is 18.4 Å². The van der Waals surface area contributed by atoms with E-state index in [1.165, 1.54) is 4.88 Å². The fourth-order valence-electron chi connectivity index (χ4n) is 3.26. The summed E-state index contributed by atoms with van der Waals surface area (Å²) in [6, 6.07) is 14.2. The number of benzene rings is 1. The lowest BCUT2D eigenvalue weighted by Gasteiger charge is -2.33. The molecule has 2 rings (SSSR count). The quantitative estimate of drug-likeness (QED) is 0.529. The predicted octanol–water partition coefficient (Wildman–Crippen LogP) is 5.51. The standard InChI is InChI=1S/C25H36N2O2S/c1-7-19(2)15-27(24(29)25(4,5)6)18-23(28)26(16-21-11-9-8-10-12-21)17-22-14-13-20(3)30-22/h8-14,19H,7,15-18H2,1-6H3/t19-/m1/s1. The van der Waals surface area contributed by atoms with Crippen LogP contribution < -0.4 is 0 Å². The van der Waals surface area contributed by atoms with Gasteiger partial charge >= 0.3 is 0 Å². The maximum atomic E-state index is 13.4. The van der Waals surface area contributed by atoms with E-state index in [9.17, 15) is 9.59 Å². The number of hydrogen-bond acceptors (Lipinski definition) is 3. The highest BCUT2D eigenvalue weighted by atomic mass is 32.1. The minimum Gasteiger partial charge on any atom is -0.333 e. The highest BCUT2D eigenvalue weighted by molar-refractivity contribution is 7.11. The van der Waals surface area contributed by atoms with Crippen LogP contribution >= 0.6 is 11.3 Å². The molecule has 1 atom stereocenters. The summed E-state index contributed by atoms with van der Waals surface area (Å²) in [5.41, 5.74) is 0.581. The van der Waals surface area contributed by atoms with Gasteiger partial charge in [0.15, 0.2) is 0 Å². The minimum atomic E-state index is -0.511. The van der Waals surface area contributed by atoms with Crippen molar-refractivity contribution in [3.05, 3.63) is 57.8 Å². The fraction of sp³-hybridized carbons (Fsp3) is 0.520. The SMILES string of the molecule is CC[C@@H](C)CN(CC(=O)N(Cc1ccccc1)Cc1ccc(C)s1)C(=O)C(C)(C)C. The van der Waals surface area contributed by atoms with Gasteiger partial charge in [-0.05, 0) is 30.5 Å². The summed E-state index contributed by atoms with van der Waals surface area (Å²) in [5, 5.41) is 0. The van der Waals surface area contributed by atoms with E-state index in [0.29, 0.717) is 25.6 Å². The van der Waals surface area contributed by atoms with Crippen LogP contribution in [0.25, 0.3) is 0 Å². The molecule has 164 valence electrons. The molecule has 1 aromatic heterocycles. The van der Waals surface area contributed by atoms with E-state index >= 15 is 0 Å². The molecule has 30 heavy (non-hydrogen) atoms. The molecule has 0 spiro atoms. The Morgan fingerprint density at radius 2 is 1.67 bits per heavy atom. The normalized spacial score (nSPS) is 12.5. The second-order valence-corrected chi connectivity index (χ2v) is 10.6. The van der Waals surface area contributed by atoms with Crippen LogP contribution in [0.3, 0.4) is 0 Å². The summed E-state index contributed by atoms with van der Waals surface area (Å²) in [7, 11) is 0. The molecular formula is C25H36N2O2S. The monoisotopic (exact) mass is 428 g/mol. The van der Waals surface area contributed by atoms with E-state index < -0.39 is 5.41 Å². The Labute approximate surface area is 185 Å². The first-order valence-electron chi connectivity index (χ1n) is 10.8. The first-order chi connectivity index (χ1) is 14.1. The number of carbonyl (C=O) groups is 2. The highest BCUT2D eigenvalue weighted by Gasteiger charge is 2.30. The summed E-state index contributed by atoms with van der Waals surface area (Å²) in [4.78, 5) is 32.5. The molecule has 4 nitrogen and oxygen atoms in total. The van der Waals surface area contributed by atoms with Crippen molar-refractivity contribution in [1.82, 2.24) is 9.80 Å². The molecule has 2 aromatic rings. The van der Waals surface area contributed by atoms with Crippen molar-refractivity contribution >= 4 is 23.2 Å². The van der Waals surface area contributed by atoms with Crippen molar-refractivity contribution in [2.24, 2.45) is 11.3 Å². The topological polar surface area (TPSA) is 40.6 Å². The zero-order valence-corrected chi connectivity index (χ0v) is 20.1. The molecule has 2 amide bonds. The molecule has 0 unspecified atom stereocenters. The van der Waals surface area contributed by atoms with E-state index in [1.54, 1.807) is 16.2 Å². The molecule has 0 radical (unpaired) electrons. The number of hydrogen-bond donors (Lipinski definition) is 0. The Morgan fingerprint density at radius 1 is 1.00 bits per heavy atom. The van der Waals surface area contributed by atoms with Gasteiger partial charge in [-0.25, -0.2) is 0 Å². The average Bonchev–Trinajstić information content (AvgIpc) is 3.11. The van der Waals surface area contributed by atoms with Crippen LogP contribution in [0.1, 0.15) is 56.4 Å². The number of aryl methyl sites for hydroxylation is 1. The number of carbonyl (C=O) groups excluding carboxylic acids is 2. The van der Waals surface area contributed by atoms with Gasteiger partial charge in [0.05, 0.1) is 13.1 Å². The summed E-state index contributed by atoms with van der Waals surface area (Å²) < 4.78 is 0. The van der Waals surface area contributed by atoms with Crippen molar-refractivity contribution in [2.75, 3.05) is 13.1 Å². The van der Waals surface area contributed by atoms with Crippen LogP contribution in [0.2, 0.25) is 0 Å². The largest absolute Gasteiger partial charge is 0.333 e. The van der Waals surface area contributed by atoms with Crippen LogP contribution in [0.4, 0.5) is 0 Å². The van der Waals surface area contributed by atoms with Gasteiger partial charge in [-0.3, -0.25) is 9.59 Å². The van der Waals surface area contributed by atoms with Crippen molar-refractivity contribution in [1.29, 1.82) is 0 Å². The van der Waals surface area contributed by atoms with E-state index in [1.807, 2.05) is 56.0 Å². The minimum absolute atomic E-state index is 0.00851. The molecule has 5 heteroatoms. The van der Waals surface area contributed by atoms with Crippen LogP contribution in [0.5, 0.6) is 0 Å². The molecular weight excluding hydrogens is 392 g/mol. The molecule has 0 aliphatic heterocycles. The summed E-state index contributed by atoms with van der Waals surface area (Å²) in [5.74, 6) is 0.375. The van der Waals surface area contributed by atoms with Gasteiger partial charge in [-0.15, -0.1) is 11.3 Å². The van der Waals surface area contributed by atoms with Crippen molar-refractivity contribution in [3.8, 4) is 0 Å². The third-order valence-corrected chi connectivity index (χ3v) is 6.18. The number of rotatable bonds is 9. The molecule has 1 aromatic carbocycles. The van der Waals surface area contributed by atoms with Crippen molar-refractivity contribution in [2.45, 2.75) is 61.1 Å². The van der Waals surface area contributed by atoms with Crippen LogP contribution in [0.15, 0.2) is 42.5 Å². The zero-order chi connectivity index (χ0) is 22.3. The Hall–Kier alpha value is -2.14. The van der Waals surface area contributed by atoms with Crippen LogP contribution in [0, 0.1) is 18.3 Å². The summed E-state index contributed by atoms with van der Waals surface area (Å²) in [6.07, 6.45) is 0.977. The molecule has 0 saturated heterocycles. The fourth-order valence-corrected chi connectivity index (χ4v) is 4.16.